The minimum Gasteiger partial charge on any atom is -0.484 e. The fraction of sp³-hybridized carbons (Fsp3) is 0.160. The Balaban J connectivity index is 1.42. The summed E-state index contributed by atoms with van der Waals surface area (Å²) in [5.41, 5.74) is 4.89. The number of aryl methyl sites for hydroxylation is 1. The highest BCUT2D eigenvalue weighted by atomic mass is 16.5. The van der Waals surface area contributed by atoms with E-state index in [1.165, 1.54) is 11.8 Å². The summed E-state index contributed by atoms with van der Waals surface area (Å²) in [6, 6.07) is 23.3. The highest BCUT2D eigenvalue weighted by Gasteiger charge is 2.07. The Kier molecular flexibility index (Phi) is 7.94. The van der Waals surface area contributed by atoms with Crippen LogP contribution in [0.3, 0.4) is 0 Å². The van der Waals surface area contributed by atoms with E-state index in [1.807, 2.05) is 30.3 Å². The average Bonchev–Trinajstić information content (AvgIpc) is 2.80. The second kappa shape index (κ2) is 11.3. The Morgan fingerprint density at radius 3 is 2.26 bits per heavy atom. The lowest BCUT2D eigenvalue weighted by atomic mass is 10.1. The Morgan fingerprint density at radius 2 is 1.58 bits per heavy atom. The molecule has 0 spiro atoms. The Bertz CT molecular complexity index is 1010. The molecule has 0 saturated carbocycles. The molecule has 0 saturated heterocycles. The van der Waals surface area contributed by atoms with Crippen LogP contribution in [0.15, 0.2) is 84.0 Å². The van der Waals surface area contributed by atoms with Crippen LogP contribution in [0.25, 0.3) is 0 Å². The van der Waals surface area contributed by atoms with Gasteiger partial charge in [0.05, 0.1) is 11.8 Å². The predicted molar refractivity (Wildman–Crippen MR) is 120 cm³/mol. The van der Waals surface area contributed by atoms with E-state index in [9.17, 15) is 9.59 Å². The molecule has 0 aliphatic carbocycles. The Hall–Kier alpha value is -3.93. The summed E-state index contributed by atoms with van der Waals surface area (Å²) in [7, 11) is 0. The van der Waals surface area contributed by atoms with Crippen LogP contribution in [0.2, 0.25) is 0 Å². The van der Waals surface area contributed by atoms with Crippen LogP contribution in [0, 0.1) is 0 Å². The van der Waals surface area contributed by atoms with Crippen molar-refractivity contribution in [3.63, 3.8) is 0 Å². The third kappa shape index (κ3) is 7.12. The van der Waals surface area contributed by atoms with Gasteiger partial charge in [-0.05, 0) is 66.1 Å². The number of carbonyl (C=O) groups is 2. The van der Waals surface area contributed by atoms with E-state index in [4.69, 9.17) is 9.47 Å². The van der Waals surface area contributed by atoms with E-state index < -0.39 is 5.97 Å². The number of ether oxygens (including phenoxy) is 2. The van der Waals surface area contributed by atoms with Crippen molar-refractivity contribution in [2.24, 2.45) is 5.10 Å². The van der Waals surface area contributed by atoms with Gasteiger partial charge in [-0.25, -0.2) is 10.2 Å². The molecule has 3 aromatic carbocycles. The summed E-state index contributed by atoms with van der Waals surface area (Å²) in [5, 5.41) is 3.92. The highest BCUT2D eigenvalue weighted by Crippen LogP contribution is 2.14. The molecule has 158 valence electrons. The number of nitrogens with zero attached hydrogens (tertiary/aromatic N) is 1. The van der Waals surface area contributed by atoms with E-state index in [1.54, 1.807) is 48.5 Å². The first-order valence-electron chi connectivity index (χ1n) is 10.0. The number of esters is 1. The number of hydrogen-bond donors (Lipinski definition) is 1. The van der Waals surface area contributed by atoms with E-state index in [0.717, 1.165) is 18.4 Å². The summed E-state index contributed by atoms with van der Waals surface area (Å²) in [6.45, 7) is 2.00. The summed E-state index contributed by atoms with van der Waals surface area (Å²) in [4.78, 5) is 23.9. The molecular weight excluding hydrogens is 392 g/mol. The molecule has 0 aliphatic heterocycles. The average molecular weight is 416 g/mol. The molecule has 3 aromatic rings. The van der Waals surface area contributed by atoms with Gasteiger partial charge in [-0.15, -0.1) is 0 Å². The summed E-state index contributed by atoms with van der Waals surface area (Å²) in [5.74, 6) is 0.282. The molecule has 31 heavy (non-hydrogen) atoms. The van der Waals surface area contributed by atoms with Gasteiger partial charge in [0.1, 0.15) is 11.5 Å². The number of nitrogens with one attached hydrogen (secondary N) is 1. The fourth-order valence-corrected chi connectivity index (χ4v) is 2.76. The number of hydrogen-bond acceptors (Lipinski definition) is 5. The zero-order chi connectivity index (χ0) is 21.9. The number of benzene rings is 3. The third-order valence-electron chi connectivity index (χ3n) is 4.33. The fourth-order valence-electron chi connectivity index (χ4n) is 2.76. The second-order valence-corrected chi connectivity index (χ2v) is 6.80. The van der Waals surface area contributed by atoms with Crippen LogP contribution in [0.4, 0.5) is 0 Å². The first kappa shape index (κ1) is 21.8. The molecule has 6 nitrogen and oxygen atoms in total. The summed E-state index contributed by atoms with van der Waals surface area (Å²) >= 11 is 0. The van der Waals surface area contributed by atoms with Crippen LogP contribution < -0.4 is 14.9 Å². The molecule has 1 N–H and O–H groups in total. The van der Waals surface area contributed by atoms with Gasteiger partial charge in [-0.2, -0.15) is 5.10 Å². The zero-order valence-electron chi connectivity index (χ0n) is 17.3. The molecule has 0 atom stereocenters. The normalized spacial score (nSPS) is 10.6. The van der Waals surface area contributed by atoms with Crippen molar-refractivity contribution in [2.75, 3.05) is 6.61 Å². The lowest BCUT2D eigenvalue weighted by Crippen LogP contribution is -2.24. The van der Waals surface area contributed by atoms with Crippen LogP contribution in [-0.2, 0) is 11.2 Å². The van der Waals surface area contributed by atoms with Gasteiger partial charge in [-0.1, -0.05) is 43.7 Å². The van der Waals surface area contributed by atoms with Crippen LogP contribution in [-0.4, -0.2) is 24.7 Å². The van der Waals surface area contributed by atoms with Gasteiger partial charge in [0, 0.05) is 0 Å². The van der Waals surface area contributed by atoms with Crippen LogP contribution in [0.5, 0.6) is 11.5 Å². The van der Waals surface area contributed by atoms with Crippen molar-refractivity contribution in [3.8, 4) is 11.5 Å². The van der Waals surface area contributed by atoms with Crippen molar-refractivity contribution < 1.29 is 19.1 Å². The largest absolute Gasteiger partial charge is 0.484 e. The van der Waals surface area contributed by atoms with E-state index >= 15 is 0 Å². The molecule has 0 aliphatic rings. The van der Waals surface area contributed by atoms with Crippen molar-refractivity contribution >= 4 is 18.1 Å². The molecule has 6 heteroatoms. The van der Waals surface area contributed by atoms with Crippen molar-refractivity contribution in [1.29, 1.82) is 0 Å². The SMILES string of the molecule is CCCc1ccc(OCC(=O)NN=Cc2ccc(OC(=O)c3ccccc3)cc2)cc1. The Morgan fingerprint density at radius 1 is 0.903 bits per heavy atom. The van der Waals surface area contributed by atoms with Crippen molar-refractivity contribution in [2.45, 2.75) is 19.8 Å². The standard InChI is InChI=1S/C25H24N2O4/c1-2-6-19-9-13-22(14-10-19)30-18-24(28)27-26-17-20-11-15-23(16-12-20)31-25(29)21-7-4-3-5-8-21/h3-5,7-17H,2,6,18H2,1H3,(H,27,28). The molecule has 0 unspecified atom stereocenters. The molecule has 0 bridgehead atoms. The van der Waals surface area contributed by atoms with Crippen LogP contribution >= 0.6 is 0 Å². The highest BCUT2D eigenvalue weighted by molar-refractivity contribution is 5.91. The Labute approximate surface area is 181 Å². The minimum absolute atomic E-state index is 0.126. The molecule has 0 radical (unpaired) electrons. The summed E-state index contributed by atoms with van der Waals surface area (Å²) in [6.07, 6.45) is 3.61. The van der Waals surface area contributed by atoms with Gasteiger partial charge in [0.15, 0.2) is 6.61 Å². The van der Waals surface area contributed by atoms with Gasteiger partial charge in [0.25, 0.3) is 5.91 Å². The number of amides is 1. The molecule has 0 fully saturated rings. The minimum atomic E-state index is -0.422. The zero-order valence-corrected chi connectivity index (χ0v) is 17.3. The molecular formula is C25H24N2O4. The lowest BCUT2D eigenvalue weighted by Gasteiger charge is -2.06. The first-order chi connectivity index (χ1) is 15.1. The number of hydrazone groups is 1. The lowest BCUT2D eigenvalue weighted by molar-refractivity contribution is -0.123. The first-order valence-corrected chi connectivity index (χ1v) is 10.0. The van der Waals surface area contributed by atoms with Gasteiger partial charge in [0.2, 0.25) is 0 Å². The number of carbonyl (C=O) groups excluding carboxylic acids is 2. The quantitative estimate of drug-likeness (QED) is 0.243. The van der Waals surface area contributed by atoms with Gasteiger partial charge >= 0.3 is 5.97 Å². The maximum Gasteiger partial charge on any atom is 0.343 e. The summed E-state index contributed by atoms with van der Waals surface area (Å²) < 4.78 is 10.8. The molecule has 1 amide bonds. The third-order valence-corrected chi connectivity index (χ3v) is 4.33. The molecule has 0 heterocycles. The second-order valence-electron chi connectivity index (χ2n) is 6.80. The van der Waals surface area contributed by atoms with E-state index in [2.05, 4.69) is 17.5 Å². The van der Waals surface area contributed by atoms with Gasteiger partial charge in [-0.3, -0.25) is 4.79 Å². The maximum atomic E-state index is 12.0. The van der Waals surface area contributed by atoms with Crippen LogP contribution in [0.1, 0.15) is 34.8 Å². The topological polar surface area (TPSA) is 77.0 Å². The smallest absolute Gasteiger partial charge is 0.343 e. The van der Waals surface area contributed by atoms with E-state index in [0.29, 0.717) is 17.1 Å². The predicted octanol–water partition coefficient (Wildman–Crippen LogP) is 4.39. The number of rotatable bonds is 9. The van der Waals surface area contributed by atoms with E-state index in [-0.39, 0.29) is 12.5 Å². The maximum absolute atomic E-state index is 12.0. The van der Waals surface area contributed by atoms with Crippen molar-refractivity contribution in [3.05, 3.63) is 95.6 Å². The molecule has 0 aromatic heterocycles. The molecule has 3 rings (SSSR count). The monoisotopic (exact) mass is 416 g/mol. The van der Waals surface area contributed by atoms with Gasteiger partial charge < -0.3 is 9.47 Å². The van der Waals surface area contributed by atoms with Crippen molar-refractivity contribution in [1.82, 2.24) is 5.43 Å².